The van der Waals surface area contributed by atoms with Gasteiger partial charge in [0.1, 0.15) is 12.4 Å². The van der Waals surface area contributed by atoms with Gasteiger partial charge in [-0.1, -0.05) is 115 Å². The third-order valence-corrected chi connectivity index (χ3v) is 18.5. The summed E-state index contributed by atoms with van der Waals surface area (Å²) in [5.41, 5.74) is 21.0. The summed E-state index contributed by atoms with van der Waals surface area (Å²) < 4.78 is 14.6. The van der Waals surface area contributed by atoms with Gasteiger partial charge in [0.15, 0.2) is 7.28 Å². The minimum Gasteiger partial charge on any atom is -0.488 e. The SMILES string of the molecule is Cc1cc(-c2cc3sc4cc5c(cc4c3cc2Nc2ccc(C(C)(C)C)cc2)C(C)(C)CCC5(C)C)c2c3c1c1cc4c(cc1n3-c1cc3c(cc1B2)sc1ccccc13)OCc1ccccc1-4. The topological polar surface area (TPSA) is 26.2 Å². The Morgan fingerprint density at radius 3 is 2.12 bits per heavy atom. The Kier molecular flexibility index (Phi) is 8.32. The van der Waals surface area contributed by atoms with Crippen molar-refractivity contribution in [2.24, 2.45) is 0 Å². The zero-order valence-corrected chi connectivity index (χ0v) is 41.8. The number of aromatic nitrogens is 1. The number of rotatable bonds is 3. The van der Waals surface area contributed by atoms with Crippen LogP contribution in [-0.4, -0.2) is 11.8 Å². The maximum atomic E-state index is 6.63. The van der Waals surface area contributed by atoms with E-state index in [1.54, 1.807) is 0 Å². The molecule has 0 amide bonds. The van der Waals surface area contributed by atoms with Gasteiger partial charge in [-0.25, -0.2) is 0 Å². The fraction of sp³-hybridized carbons (Fsp3) is 0.226. The van der Waals surface area contributed by atoms with Crippen molar-refractivity contribution in [2.45, 2.75) is 91.1 Å². The van der Waals surface area contributed by atoms with Crippen molar-refractivity contribution in [1.29, 1.82) is 0 Å². The van der Waals surface area contributed by atoms with Gasteiger partial charge in [-0.15, -0.1) is 22.7 Å². The van der Waals surface area contributed by atoms with Crippen LogP contribution >= 0.6 is 22.7 Å². The van der Waals surface area contributed by atoms with E-state index in [2.05, 4.69) is 193 Å². The molecule has 6 heteroatoms. The molecule has 0 spiro atoms. The lowest BCUT2D eigenvalue weighted by Crippen LogP contribution is -2.37. The number of aryl methyl sites for hydroxylation is 1. The molecule has 1 aliphatic carbocycles. The standard InChI is InChI=1S/C62H53BN2OS2/c1-33-23-44(39-28-54-42(26-49(39)64-36-19-17-35(18-20-36)60(2,3)4)41-25-46-47(29-55(41)68-54)62(7,8)22-21-61(46,5)6)58-59-57(33)45-24-40-37-14-10-9-13-34(37)32-66-52(40)31-50(45)65(59)51-27-43-38-15-11-12-16-53(38)67-56(43)30-48(51)63-58/h9-20,23-31,63-64H,21-22,32H2,1-8H3. The zero-order valence-electron chi connectivity index (χ0n) is 40.1. The van der Waals surface area contributed by atoms with E-state index >= 15 is 0 Å². The molecule has 68 heavy (non-hydrogen) atoms. The number of nitrogens with one attached hydrogen (secondary N) is 1. The van der Waals surface area contributed by atoms with Crippen molar-refractivity contribution in [3.8, 4) is 33.7 Å². The number of hydrogen-bond donors (Lipinski definition) is 1. The van der Waals surface area contributed by atoms with Crippen molar-refractivity contribution in [2.75, 3.05) is 5.32 Å². The second kappa shape index (κ2) is 13.9. The molecule has 0 atom stereocenters. The monoisotopic (exact) mass is 916 g/mol. The molecule has 0 saturated carbocycles. The van der Waals surface area contributed by atoms with Crippen LogP contribution in [0.15, 0.2) is 127 Å². The zero-order chi connectivity index (χ0) is 46.2. The van der Waals surface area contributed by atoms with E-state index in [0.29, 0.717) is 6.61 Å². The van der Waals surface area contributed by atoms with Crippen LogP contribution < -0.4 is 21.0 Å². The molecule has 2 aliphatic heterocycles. The quantitative estimate of drug-likeness (QED) is 0.179. The number of hydrogen-bond acceptors (Lipinski definition) is 4. The highest BCUT2D eigenvalue weighted by molar-refractivity contribution is 7.26. The van der Waals surface area contributed by atoms with Gasteiger partial charge in [0.25, 0.3) is 0 Å². The van der Waals surface area contributed by atoms with Gasteiger partial charge in [0.2, 0.25) is 0 Å². The highest BCUT2D eigenvalue weighted by Crippen LogP contribution is 2.51. The Hall–Kier alpha value is -6.34. The molecule has 0 saturated heterocycles. The van der Waals surface area contributed by atoms with Crippen LogP contribution in [0.4, 0.5) is 11.4 Å². The first-order valence-electron chi connectivity index (χ1n) is 24.4. The minimum absolute atomic E-state index is 0.0697. The molecule has 0 unspecified atom stereocenters. The summed E-state index contributed by atoms with van der Waals surface area (Å²) in [5.74, 6) is 0.955. The van der Waals surface area contributed by atoms with Crippen LogP contribution in [0.5, 0.6) is 5.75 Å². The van der Waals surface area contributed by atoms with Gasteiger partial charge in [0, 0.05) is 90.9 Å². The summed E-state index contributed by atoms with van der Waals surface area (Å²) >= 11 is 3.87. The number of anilines is 2. The first kappa shape index (κ1) is 40.7. The maximum Gasteiger partial charge on any atom is 0.198 e. The van der Waals surface area contributed by atoms with E-state index < -0.39 is 0 Å². The van der Waals surface area contributed by atoms with Crippen LogP contribution in [0.2, 0.25) is 0 Å². The third kappa shape index (κ3) is 5.83. The van der Waals surface area contributed by atoms with Crippen LogP contribution in [-0.2, 0) is 22.9 Å². The fourth-order valence-corrected chi connectivity index (χ4v) is 14.6. The molecule has 0 bridgehead atoms. The molecule has 3 nitrogen and oxygen atoms in total. The Morgan fingerprint density at radius 2 is 1.31 bits per heavy atom. The van der Waals surface area contributed by atoms with E-state index in [4.69, 9.17) is 4.74 Å². The smallest absolute Gasteiger partial charge is 0.198 e. The van der Waals surface area contributed by atoms with E-state index in [9.17, 15) is 0 Å². The van der Waals surface area contributed by atoms with Gasteiger partial charge in [-0.2, -0.15) is 0 Å². The fourth-order valence-electron chi connectivity index (χ4n) is 12.3. The first-order chi connectivity index (χ1) is 32.7. The Bertz CT molecular complexity index is 4020. The van der Waals surface area contributed by atoms with E-state index in [-0.39, 0.29) is 16.2 Å². The Labute approximate surface area is 406 Å². The summed E-state index contributed by atoms with van der Waals surface area (Å²) in [6, 6.07) is 49.2. The lowest BCUT2D eigenvalue weighted by Gasteiger charge is -2.41. The molecule has 5 heterocycles. The van der Waals surface area contributed by atoms with E-state index in [1.165, 1.54) is 142 Å². The molecule has 0 radical (unpaired) electrons. The van der Waals surface area contributed by atoms with Crippen molar-refractivity contribution < 1.29 is 4.74 Å². The highest BCUT2D eigenvalue weighted by Gasteiger charge is 2.38. The van der Waals surface area contributed by atoms with Crippen LogP contribution in [0, 0.1) is 6.92 Å². The lowest BCUT2D eigenvalue weighted by molar-refractivity contribution is 0.302. The van der Waals surface area contributed by atoms with E-state index in [0.717, 1.165) is 24.4 Å². The van der Waals surface area contributed by atoms with Gasteiger partial charge < -0.3 is 14.6 Å². The largest absolute Gasteiger partial charge is 0.488 e. The average molecular weight is 917 g/mol. The van der Waals surface area contributed by atoms with Crippen molar-refractivity contribution in [3.05, 3.63) is 155 Å². The highest BCUT2D eigenvalue weighted by atomic mass is 32.1. The number of fused-ring (bicyclic) bond motifs is 15. The molecular weight excluding hydrogens is 864 g/mol. The summed E-state index contributed by atoms with van der Waals surface area (Å²) in [5, 5.41) is 12.0. The number of nitrogens with zero attached hydrogens (tertiary/aromatic N) is 1. The molecule has 14 rings (SSSR count). The molecule has 3 aliphatic rings. The Balaban J connectivity index is 1.06. The van der Waals surface area contributed by atoms with Gasteiger partial charge in [0.05, 0.1) is 5.52 Å². The molecular formula is C62H53BN2OS2. The summed E-state index contributed by atoms with van der Waals surface area (Å²) in [4.78, 5) is 0. The molecule has 8 aromatic carbocycles. The summed E-state index contributed by atoms with van der Waals surface area (Å²) in [6.45, 7) is 19.6. The van der Waals surface area contributed by atoms with Crippen molar-refractivity contribution in [1.82, 2.24) is 4.57 Å². The molecule has 1 N–H and O–H groups in total. The second-order valence-corrected chi connectivity index (χ2v) is 24.6. The number of benzene rings is 8. The van der Waals surface area contributed by atoms with Crippen LogP contribution in [0.25, 0.3) is 90.1 Å². The second-order valence-electron chi connectivity index (χ2n) is 22.5. The first-order valence-corrected chi connectivity index (χ1v) is 26.1. The van der Waals surface area contributed by atoms with Gasteiger partial charge in [-0.05, 0) is 141 Å². The third-order valence-electron chi connectivity index (χ3n) is 16.2. The lowest BCUT2D eigenvalue weighted by atomic mass is 9.58. The van der Waals surface area contributed by atoms with Gasteiger partial charge in [-0.3, -0.25) is 0 Å². The number of thiophene rings is 2. The van der Waals surface area contributed by atoms with Crippen LogP contribution in [0.3, 0.4) is 0 Å². The van der Waals surface area contributed by atoms with Crippen molar-refractivity contribution >= 4 is 114 Å². The predicted molar refractivity (Wildman–Crippen MR) is 297 cm³/mol. The van der Waals surface area contributed by atoms with Crippen molar-refractivity contribution in [3.63, 3.8) is 0 Å². The summed E-state index contributed by atoms with van der Waals surface area (Å²) in [6.07, 6.45) is 2.40. The normalized spacial score (nSPS) is 15.6. The molecule has 332 valence electrons. The maximum absolute atomic E-state index is 6.63. The Morgan fingerprint density at radius 1 is 0.618 bits per heavy atom. The summed E-state index contributed by atoms with van der Waals surface area (Å²) in [7, 11) is 0.835. The number of ether oxygens (including phenoxy) is 1. The molecule has 3 aromatic heterocycles. The molecule has 11 aromatic rings. The van der Waals surface area contributed by atoms with Crippen LogP contribution in [0.1, 0.15) is 89.1 Å². The molecule has 0 fully saturated rings. The average Bonchev–Trinajstić information content (AvgIpc) is 3.98. The van der Waals surface area contributed by atoms with Gasteiger partial charge >= 0.3 is 0 Å². The predicted octanol–water partition coefficient (Wildman–Crippen LogP) is 16.1. The minimum atomic E-state index is 0.0697. The van der Waals surface area contributed by atoms with E-state index in [1.807, 2.05) is 22.7 Å².